The molecular weight excluding hydrogens is 292 g/mol. The number of aliphatic imine (C=N–C) groups is 1. The molecule has 2 fully saturated rings. The first-order valence-corrected chi connectivity index (χ1v) is 8.90. The highest BCUT2D eigenvalue weighted by atomic mass is 16.5. The summed E-state index contributed by atoms with van der Waals surface area (Å²) in [6, 6.07) is 0.649. The van der Waals surface area contributed by atoms with E-state index in [1.807, 2.05) is 7.05 Å². The molecule has 0 aromatic rings. The van der Waals surface area contributed by atoms with Crippen LogP contribution in [0.5, 0.6) is 0 Å². The second kappa shape index (κ2) is 8.66. The number of guanidine groups is 1. The fourth-order valence-corrected chi connectivity index (χ4v) is 3.63. The first kappa shape index (κ1) is 16.7. The molecule has 0 aromatic heterocycles. The number of hydrogen-bond acceptors (Lipinski definition) is 4. The minimum atomic E-state index is 0.649. The van der Waals surface area contributed by atoms with E-state index in [4.69, 9.17) is 9.47 Å². The van der Waals surface area contributed by atoms with Gasteiger partial charge in [-0.25, -0.2) is 0 Å². The molecule has 3 aliphatic rings. The Bertz CT molecular complexity index is 432. The number of nitrogens with one attached hydrogen (secondary N) is 1. The normalized spacial score (nSPS) is 27.2. The summed E-state index contributed by atoms with van der Waals surface area (Å²) in [5, 5.41) is 3.53. The lowest BCUT2D eigenvalue weighted by Gasteiger charge is -2.32. The lowest BCUT2D eigenvalue weighted by molar-refractivity contribution is 0.0195. The molecule has 3 rings (SSSR count). The van der Waals surface area contributed by atoms with E-state index >= 15 is 0 Å². The van der Waals surface area contributed by atoms with Crippen LogP contribution in [-0.2, 0) is 9.47 Å². The zero-order valence-electron chi connectivity index (χ0n) is 14.3. The summed E-state index contributed by atoms with van der Waals surface area (Å²) in [5.74, 6) is 1.05. The summed E-state index contributed by atoms with van der Waals surface area (Å²) in [5.41, 5.74) is 1.51. The van der Waals surface area contributed by atoms with Crippen molar-refractivity contribution in [3.05, 3.63) is 11.6 Å². The van der Waals surface area contributed by atoms with Crippen LogP contribution in [0.15, 0.2) is 16.6 Å². The first-order chi connectivity index (χ1) is 11.4. The summed E-state index contributed by atoms with van der Waals surface area (Å²) >= 11 is 0. The molecule has 0 bridgehead atoms. The van der Waals surface area contributed by atoms with E-state index in [2.05, 4.69) is 26.2 Å². The van der Waals surface area contributed by atoms with Crippen LogP contribution in [0.4, 0.5) is 0 Å². The van der Waals surface area contributed by atoms with E-state index in [-0.39, 0.29) is 0 Å². The second-order valence-electron chi connectivity index (χ2n) is 6.45. The predicted octanol–water partition coefficient (Wildman–Crippen LogP) is 0.705. The van der Waals surface area contributed by atoms with E-state index in [0.29, 0.717) is 6.04 Å². The highest BCUT2D eigenvalue weighted by Gasteiger charge is 2.30. The minimum absolute atomic E-state index is 0.649. The molecule has 23 heavy (non-hydrogen) atoms. The van der Waals surface area contributed by atoms with Crippen molar-refractivity contribution >= 4 is 5.96 Å². The monoisotopic (exact) mass is 322 g/mol. The van der Waals surface area contributed by atoms with E-state index in [9.17, 15) is 0 Å². The Morgan fingerprint density at radius 1 is 1.26 bits per heavy atom. The Morgan fingerprint density at radius 2 is 2.13 bits per heavy atom. The largest absolute Gasteiger partial charge is 0.379 e. The number of morpholine rings is 1. The average Bonchev–Trinajstić information content (AvgIpc) is 3.10. The molecule has 3 heterocycles. The van der Waals surface area contributed by atoms with Crippen molar-refractivity contribution in [3.8, 4) is 0 Å². The molecule has 1 unspecified atom stereocenters. The molecule has 0 aliphatic carbocycles. The fraction of sp³-hybridized carbons (Fsp3) is 0.824. The Labute approximate surface area is 139 Å². The van der Waals surface area contributed by atoms with Crippen LogP contribution < -0.4 is 5.32 Å². The zero-order valence-corrected chi connectivity index (χ0v) is 14.3. The quantitative estimate of drug-likeness (QED) is 0.469. The first-order valence-electron chi connectivity index (χ1n) is 8.90. The van der Waals surface area contributed by atoms with Gasteiger partial charge in [-0.2, -0.15) is 0 Å². The molecule has 0 amide bonds. The molecule has 0 saturated carbocycles. The van der Waals surface area contributed by atoms with Crippen LogP contribution in [0.3, 0.4) is 0 Å². The highest BCUT2D eigenvalue weighted by molar-refractivity contribution is 5.80. The molecule has 0 aromatic carbocycles. The van der Waals surface area contributed by atoms with Crippen LogP contribution in [0.25, 0.3) is 0 Å². The molecule has 2 saturated heterocycles. The third-order valence-electron chi connectivity index (χ3n) is 5.02. The average molecular weight is 322 g/mol. The number of likely N-dealkylation sites (tertiary alicyclic amines) is 1. The molecule has 1 N–H and O–H groups in total. The van der Waals surface area contributed by atoms with E-state index in [1.165, 1.54) is 12.0 Å². The summed E-state index contributed by atoms with van der Waals surface area (Å²) in [7, 11) is 1.89. The number of nitrogens with zero attached hydrogens (tertiary/aromatic N) is 3. The van der Waals surface area contributed by atoms with E-state index in [0.717, 1.165) is 78.0 Å². The zero-order chi connectivity index (χ0) is 15.9. The van der Waals surface area contributed by atoms with Gasteiger partial charge in [-0.15, -0.1) is 0 Å². The molecule has 6 nitrogen and oxygen atoms in total. The van der Waals surface area contributed by atoms with Crippen molar-refractivity contribution in [1.29, 1.82) is 0 Å². The second-order valence-corrected chi connectivity index (χ2v) is 6.45. The Kier molecular flexibility index (Phi) is 6.30. The molecular formula is C17H30N4O2. The molecule has 3 aliphatic heterocycles. The molecule has 1 atom stereocenters. The van der Waals surface area contributed by atoms with Crippen LogP contribution in [0.2, 0.25) is 0 Å². The van der Waals surface area contributed by atoms with Gasteiger partial charge in [0.15, 0.2) is 5.96 Å². The van der Waals surface area contributed by atoms with Crippen molar-refractivity contribution in [2.24, 2.45) is 4.99 Å². The van der Waals surface area contributed by atoms with Gasteiger partial charge in [0, 0.05) is 45.8 Å². The van der Waals surface area contributed by atoms with Crippen molar-refractivity contribution in [2.75, 3.05) is 66.2 Å². The van der Waals surface area contributed by atoms with Gasteiger partial charge in [0.1, 0.15) is 0 Å². The maximum Gasteiger partial charge on any atom is 0.193 e. The van der Waals surface area contributed by atoms with E-state index < -0.39 is 0 Å². The Morgan fingerprint density at radius 3 is 2.87 bits per heavy atom. The predicted molar refractivity (Wildman–Crippen MR) is 91.9 cm³/mol. The molecule has 0 radical (unpaired) electrons. The van der Waals surface area contributed by atoms with Gasteiger partial charge in [-0.3, -0.25) is 9.89 Å². The molecule has 6 heteroatoms. The standard InChI is InChI=1S/C17H30N4O2/c1-18-17(19-6-2-15-4-10-22-11-5-15)21-7-3-16(14-21)20-8-12-23-13-9-20/h4,16H,2-3,5-14H2,1H3,(H,18,19). The van der Waals surface area contributed by atoms with Gasteiger partial charge in [0.2, 0.25) is 0 Å². The van der Waals surface area contributed by atoms with Gasteiger partial charge in [0.25, 0.3) is 0 Å². The smallest absolute Gasteiger partial charge is 0.193 e. The summed E-state index contributed by atoms with van der Waals surface area (Å²) in [6.45, 7) is 8.67. The molecule has 130 valence electrons. The van der Waals surface area contributed by atoms with Crippen LogP contribution in [0.1, 0.15) is 19.3 Å². The third kappa shape index (κ3) is 4.68. The van der Waals surface area contributed by atoms with Crippen LogP contribution >= 0.6 is 0 Å². The van der Waals surface area contributed by atoms with Crippen molar-refractivity contribution in [2.45, 2.75) is 25.3 Å². The van der Waals surface area contributed by atoms with Crippen LogP contribution in [0, 0.1) is 0 Å². The fourth-order valence-electron chi connectivity index (χ4n) is 3.63. The number of ether oxygens (including phenoxy) is 2. The topological polar surface area (TPSA) is 49.3 Å². The van der Waals surface area contributed by atoms with Gasteiger partial charge in [-0.1, -0.05) is 11.6 Å². The summed E-state index contributed by atoms with van der Waals surface area (Å²) < 4.78 is 10.8. The minimum Gasteiger partial charge on any atom is -0.379 e. The third-order valence-corrected chi connectivity index (χ3v) is 5.02. The SMILES string of the molecule is CN=C(NCCC1=CCOCC1)N1CCC(N2CCOCC2)C1. The van der Waals surface area contributed by atoms with Crippen LogP contribution in [-0.4, -0.2) is 88.0 Å². The molecule has 0 spiro atoms. The van der Waals surface area contributed by atoms with Gasteiger partial charge >= 0.3 is 0 Å². The van der Waals surface area contributed by atoms with Gasteiger partial charge in [0.05, 0.1) is 26.4 Å². The van der Waals surface area contributed by atoms with E-state index in [1.54, 1.807) is 0 Å². The Hall–Kier alpha value is -1.11. The van der Waals surface area contributed by atoms with Crippen molar-refractivity contribution in [3.63, 3.8) is 0 Å². The van der Waals surface area contributed by atoms with Gasteiger partial charge < -0.3 is 19.7 Å². The highest BCUT2D eigenvalue weighted by Crippen LogP contribution is 2.17. The summed E-state index contributed by atoms with van der Waals surface area (Å²) in [6.07, 6.45) is 5.60. The maximum atomic E-state index is 5.46. The number of rotatable bonds is 4. The lowest BCUT2D eigenvalue weighted by Crippen LogP contribution is -2.46. The number of hydrogen-bond donors (Lipinski definition) is 1. The van der Waals surface area contributed by atoms with Crippen molar-refractivity contribution < 1.29 is 9.47 Å². The Balaban J connectivity index is 1.42. The summed E-state index contributed by atoms with van der Waals surface area (Å²) in [4.78, 5) is 9.45. The maximum absolute atomic E-state index is 5.46. The van der Waals surface area contributed by atoms with Gasteiger partial charge in [-0.05, 0) is 19.3 Å². The van der Waals surface area contributed by atoms with Crippen molar-refractivity contribution in [1.82, 2.24) is 15.1 Å². The lowest BCUT2D eigenvalue weighted by atomic mass is 10.1.